The van der Waals surface area contributed by atoms with Gasteiger partial charge in [0.05, 0.1) is 6.54 Å². The van der Waals surface area contributed by atoms with E-state index in [2.05, 4.69) is 25.2 Å². The molecule has 0 spiro atoms. The van der Waals surface area contributed by atoms with Crippen LogP contribution in [-0.4, -0.2) is 35.1 Å². The number of carbonyl (C=O) groups excluding carboxylic acids is 1. The monoisotopic (exact) mass is 310 g/mol. The Balaban J connectivity index is 1.75. The van der Waals surface area contributed by atoms with Gasteiger partial charge in [0, 0.05) is 29.3 Å². The second kappa shape index (κ2) is 6.93. The third-order valence-electron chi connectivity index (χ3n) is 3.97. The number of amides is 2. The molecule has 1 saturated heterocycles. The summed E-state index contributed by atoms with van der Waals surface area (Å²) in [6, 6.07) is 2.07. The van der Waals surface area contributed by atoms with Crippen LogP contribution >= 0.6 is 11.3 Å². The summed E-state index contributed by atoms with van der Waals surface area (Å²) in [4.78, 5) is 26.9. The lowest BCUT2D eigenvalue weighted by molar-refractivity contribution is -0.137. The van der Waals surface area contributed by atoms with Crippen LogP contribution in [0.1, 0.15) is 34.6 Å². The maximum Gasteiger partial charge on any atom is 0.317 e. The molecule has 2 amide bonds. The summed E-state index contributed by atoms with van der Waals surface area (Å²) in [5.74, 6) is -0.445. The Morgan fingerprint density at radius 1 is 1.48 bits per heavy atom. The van der Waals surface area contributed by atoms with Crippen molar-refractivity contribution in [1.29, 1.82) is 0 Å². The van der Waals surface area contributed by atoms with Crippen LogP contribution in [0.5, 0.6) is 0 Å². The first-order valence-electron chi connectivity index (χ1n) is 7.26. The molecule has 1 aliphatic rings. The van der Waals surface area contributed by atoms with Gasteiger partial charge in [-0.2, -0.15) is 0 Å². The average molecular weight is 310 g/mol. The standard InChI is InChI=1S/C15H22N2O3S/c1-10-7-13(21-11(10)2)8-16-15(20)17-6-5-12(9-17)3-4-14(18)19/h7,12H,3-6,8-9H2,1-2H3,(H,16,20)(H,18,19). The molecule has 0 saturated carbocycles. The third-order valence-corrected chi connectivity index (χ3v) is 5.12. The maximum atomic E-state index is 12.1. The van der Waals surface area contributed by atoms with Gasteiger partial charge in [0.2, 0.25) is 0 Å². The van der Waals surface area contributed by atoms with Crippen molar-refractivity contribution in [3.05, 3.63) is 21.4 Å². The molecule has 1 aromatic rings. The van der Waals surface area contributed by atoms with Gasteiger partial charge in [-0.05, 0) is 44.2 Å². The lowest BCUT2D eigenvalue weighted by Crippen LogP contribution is -2.37. The Morgan fingerprint density at radius 3 is 2.86 bits per heavy atom. The fraction of sp³-hybridized carbons (Fsp3) is 0.600. The van der Waals surface area contributed by atoms with Gasteiger partial charge in [-0.25, -0.2) is 4.79 Å². The molecule has 0 bridgehead atoms. The number of rotatable bonds is 5. The van der Waals surface area contributed by atoms with Crippen molar-refractivity contribution in [1.82, 2.24) is 10.2 Å². The summed E-state index contributed by atoms with van der Waals surface area (Å²) < 4.78 is 0. The zero-order chi connectivity index (χ0) is 15.4. The Kier molecular flexibility index (Phi) is 5.22. The summed E-state index contributed by atoms with van der Waals surface area (Å²) >= 11 is 1.71. The van der Waals surface area contributed by atoms with E-state index in [1.807, 2.05) is 0 Å². The van der Waals surface area contributed by atoms with E-state index in [0.29, 0.717) is 25.4 Å². The van der Waals surface area contributed by atoms with Gasteiger partial charge in [0.1, 0.15) is 0 Å². The Hall–Kier alpha value is -1.56. The van der Waals surface area contributed by atoms with E-state index in [0.717, 1.165) is 13.0 Å². The molecule has 1 atom stereocenters. The molecule has 1 unspecified atom stereocenters. The van der Waals surface area contributed by atoms with Crippen molar-refractivity contribution >= 4 is 23.3 Å². The first-order chi connectivity index (χ1) is 9.95. The first-order valence-corrected chi connectivity index (χ1v) is 8.08. The molecule has 6 heteroatoms. The minimum absolute atomic E-state index is 0.0449. The predicted octanol–water partition coefficient (Wildman–Crippen LogP) is 2.76. The minimum atomic E-state index is -0.763. The molecular formula is C15H22N2O3S. The number of carboxylic acid groups (broad SMARTS) is 1. The zero-order valence-corrected chi connectivity index (χ0v) is 13.3. The number of carboxylic acids is 1. The van der Waals surface area contributed by atoms with E-state index in [1.54, 1.807) is 16.2 Å². The largest absolute Gasteiger partial charge is 0.481 e. The highest BCUT2D eigenvalue weighted by atomic mass is 32.1. The summed E-state index contributed by atoms with van der Waals surface area (Å²) in [5.41, 5.74) is 1.26. The van der Waals surface area contributed by atoms with Crippen LogP contribution in [0.25, 0.3) is 0 Å². The summed E-state index contributed by atoms with van der Waals surface area (Å²) in [7, 11) is 0. The highest BCUT2D eigenvalue weighted by Crippen LogP contribution is 2.22. The maximum absolute atomic E-state index is 12.1. The molecule has 21 heavy (non-hydrogen) atoms. The van der Waals surface area contributed by atoms with E-state index >= 15 is 0 Å². The topological polar surface area (TPSA) is 69.6 Å². The molecule has 1 aromatic heterocycles. The molecule has 1 fully saturated rings. The van der Waals surface area contributed by atoms with Crippen LogP contribution < -0.4 is 5.32 Å². The quantitative estimate of drug-likeness (QED) is 0.878. The van der Waals surface area contributed by atoms with Crippen molar-refractivity contribution in [2.24, 2.45) is 5.92 Å². The molecule has 116 valence electrons. The van der Waals surface area contributed by atoms with Gasteiger partial charge in [-0.1, -0.05) is 0 Å². The highest BCUT2D eigenvalue weighted by Gasteiger charge is 2.26. The number of likely N-dealkylation sites (tertiary alicyclic amines) is 1. The second-order valence-electron chi connectivity index (χ2n) is 5.64. The first kappa shape index (κ1) is 15.8. The Morgan fingerprint density at radius 2 is 2.24 bits per heavy atom. The number of hydrogen-bond acceptors (Lipinski definition) is 3. The van der Waals surface area contributed by atoms with Crippen LogP contribution in [-0.2, 0) is 11.3 Å². The van der Waals surface area contributed by atoms with Crippen LogP contribution in [0.15, 0.2) is 6.07 Å². The van der Waals surface area contributed by atoms with Gasteiger partial charge in [0.25, 0.3) is 0 Å². The highest BCUT2D eigenvalue weighted by molar-refractivity contribution is 7.12. The molecular weight excluding hydrogens is 288 g/mol. The molecule has 2 heterocycles. The average Bonchev–Trinajstić information content (AvgIpc) is 3.02. The van der Waals surface area contributed by atoms with Crippen LogP contribution in [0.3, 0.4) is 0 Å². The fourth-order valence-electron chi connectivity index (χ4n) is 2.59. The lowest BCUT2D eigenvalue weighted by atomic mass is 10.0. The van der Waals surface area contributed by atoms with Crippen LogP contribution in [0, 0.1) is 19.8 Å². The molecule has 5 nitrogen and oxygen atoms in total. The smallest absolute Gasteiger partial charge is 0.317 e. The van der Waals surface area contributed by atoms with Gasteiger partial charge in [-0.3, -0.25) is 4.79 Å². The molecule has 0 aliphatic carbocycles. The third kappa shape index (κ3) is 4.46. The number of carbonyl (C=O) groups is 2. The van der Waals surface area contributed by atoms with Crippen molar-refractivity contribution < 1.29 is 14.7 Å². The van der Waals surface area contributed by atoms with Crippen LogP contribution in [0.2, 0.25) is 0 Å². The number of urea groups is 1. The number of hydrogen-bond donors (Lipinski definition) is 2. The SMILES string of the molecule is Cc1cc(CNC(=O)N2CCC(CCC(=O)O)C2)sc1C. The molecule has 0 radical (unpaired) electrons. The van der Waals surface area contributed by atoms with E-state index < -0.39 is 5.97 Å². The number of aliphatic carboxylic acids is 1. The molecule has 2 rings (SSSR count). The van der Waals surface area contributed by atoms with E-state index in [4.69, 9.17) is 5.11 Å². The summed E-state index contributed by atoms with van der Waals surface area (Å²) in [6.07, 6.45) is 1.74. The van der Waals surface area contributed by atoms with Gasteiger partial charge >= 0.3 is 12.0 Å². The fourth-order valence-corrected chi connectivity index (χ4v) is 3.58. The number of aryl methyl sites for hydroxylation is 2. The van der Waals surface area contributed by atoms with E-state index in [1.165, 1.54) is 15.3 Å². The molecule has 0 aromatic carbocycles. The second-order valence-corrected chi connectivity index (χ2v) is 6.98. The minimum Gasteiger partial charge on any atom is -0.481 e. The van der Waals surface area contributed by atoms with Crippen molar-refractivity contribution in [3.63, 3.8) is 0 Å². The Bertz CT molecular complexity index is 507. The lowest BCUT2D eigenvalue weighted by Gasteiger charge is -2.17. The predicted molar refractivity (Wildman–Crippen MR) is 82.6 cm³/mol. The molecule has 1 aliphatic heterocycles. The van der Waals surface area contributed by atoms with Crippen LogP contribution in [0.4, 0.5) is 4.79 Å². The summed E-state index contributed by atoms with van der Waals surface area (Å²) in [5, 5.41) is 11.6. The Labute approximate surface area is 129 Å². The van der Waals surface area contributed by atoms with Crippen molar-refractivity contribution in [2.45, 2.75) is 39.7 Å². The van der Waals surface area contributed by atoms with E-state index in [-0.39, 0.29) is 12.5 Å². The van der Waals surface area contributed by atoms with Gasteiger partial charge < -0.3 is 15.3 Å². The van der Waals surface area contributed by atoms with Crippen molar-refractivity contribution in [2.75, 3.05) is 13.1 Å². The number of nitrogens with zero attached hydrogens (tertiary/aromatic N) is 1. The van der Waals surface area contributed by atoms with Gasteiger partial charge in [-0.15, -0.1) is 11.3 Å². The zero-order valence-electron chi connectivity index (χ0n) is 12.5. The van der Waals surface area contributed by atoms with Crippen molar-refractivity contribution in [3.8, 4) is 0 Å². The normalized spacial score (nSPS) is 18.0. The van der Waals surface area contributed by atoms with Gasteiger partial charge in [0.15, 0.2) is 0 Å². The molecule has 2 N–H and O–H groups in total. The summed E-state index contributed by atoms with van der Waals surface area (Å²) in [6.45, 7) is 6.11. The van der Waals surface area contributed by atoms with E-state index in [9.17, 15) is 9.59 Å². The number of thiophene rings is 1. The number of nitrogens with one attached hydrogen (secondary N) is 1.